The molecule has 0 aliphatic heterocycles. The van der Waals surface area contributed by atoms with Crippen LogP contribution in [0.25, 0.3) is 0 Å². The molecular formula is C5H8N2O4S. The number of aliphatic carboxylic acids is 1. The summed E-state index contributed by atoms with van der Waals surface area (Å²) >= 11 is 0. The number of sulfonamides is 1. The average Bonchev–Trinajstić information content (AvgIpc) is 1.84. The van der Waals surface area contributed by atoms with E-state index in [9.17, 15) is 13.2 Å². The van der Waals surface area contributed by atoms with Gasteiger partial charge in [0.1, 0.15) is 0 Å². The number of nitrogens with one attached hydrogen (secondary N) is 1. The number of hydrogen-bond donors (Lipinski definition) is 2. The summed E-state index contributed by atoms with van der Waals surface area (Å²) in [6, 6.07) is 1.72. The standard InChI is InChI=1S/C5H8N2O4S/c6-2-1-3-7-12(10,11)4-5(8)9/h7H,1,3-4H2,(H,8,9). The molecule has 6 nitrogen and oxygen atoms in total. The van der Waals surface area contributed by atoms with E-state index in [1.165, 1.54) is 0 Å². The minimum atomic E-state index is -3.75. The maximum absolute atomic E-state index is 10.7. The SMILES string of the molecule is N#CCCNS(=O)(=O)CC(=O)O. The molecule has 12 heavy (non-hydrogen) atoms. The van der Waals surface area contributed by atoms with Gasteiger partial charge in [0.2, 0.25) is 10.0 Å². The van der Waals surface area contributed by atoms with Crippen LogP contribution in [0.15, 0.2) is 0 Å². The first-order valence-corrected chi connectivity index (χ1v) is 4.69. The molecule has 0 bridgehead atoms. The van der Waals surface area contributed by atoms with Crippen LogP contribution in [-0.4, -0.2) is 31.8 Å². The van der Waals surface area contributed by atoms with E-state index >= 15 is 0 Å². The molecule has 0 radical (unpaired) electrons. The fourth-order valence-electron chi connectivity index (χ4n) is 0.476. The number of carboxylic acid groups (broad SMARTS) is 1. The highest BCUT2D eigenvalue weighted by Crippen LogP contribution is 1.84. The second kappa shape index (κ2) is 4.69. The molecule has 0 rings (SSSR count). The Balaban J connectivity index is 3.91. The van der Waals surface area contributed by atoms with Gasteiger partial charge < -0.3 is 5.11 Å². The zero-order chi connectivity index (χ0) is 9.61. The molecule has 68 valence electrons. The van der Waals surface area contributed by atoms with Crippen molar-refractivity contribution in [2.75, 3.05) is 12.3 Å². The molecule has 0 unspecified atom stereocenters. The summed E-state index contributed by atoms with van der Waals surface area (Å²) in [5.41, 5.74) is 0. The quantitative estimate of drug-likeness (QED) is 0.538. The van der Waals surface area contributed by atoms with Crippen molar-refractivity contribution >= 4 is 16.0 Å². The Hall–Kier alpha value is -1.13. The Morgan fingerprint density at radius 3 is 2.58 bits per heavy atom. The van der Waals surface area contributed by atoms with Gasteiger partial charge in [-0.25, -0.2) is 13.1 Å². The predicted molar refractivity (Wildman–Crippen MR) is 39.7 cm³/mol. The maximum Gasteiger partial charge on any atom is 0.320 e. The van der Waals surface area contributed by atoms with Crippen LogP contribution in [0.1, 0.15) is 6.42 Å². The molecule has 0 spiro atoms. The van der Waals surface area contributed by atoms with E-state index in [-0.39, 0.29) is 13.0 Å². The molecule has 0 aliphatic rings. The molecule has 0 saturated heterocycles. The largest absolute Gasteiger partial charge is 0.480 e. The van der Waals surface area contributed by atoms with Gasteiger partial charge >= 0.3 is 5.97 Å². The summed E-state index contributed by atoms with van der Waals surface area (Å²) < 4.78 is 23.4. The molecule has 0 aromatic heterocycles. The topological polar surface area (TPSA) is 107 Å². The van der Waals surface area contributed by atoms with Crippen molar-refractivity contribution in [3.05, 3.63) is 0 Å². The first-order valence-electron chi connectivity index (χ1n) is 3.04. The normalized spacial score (nSPS) is 10.6. The van der Waals surface area contributed by atoms with Gasteiger partial charge in [-0.1, -0.05) is 0 Å². The minimum Gasteiger partial charge on any atom is -0.480 e. The van der Waals surface area contributed by atoms with Gasteiger partial charge in [-0.05, 0) is 0 Å². The van der Waals surface area contributed by atoms with Crippen molar-refractivity contribution in [3.63, 3.8) is 0 Å². The molecule has 0 heterocycles. The van der Waals surface area contributed by atoms with Crippen LogP contribution in [0.2, 0.25) is 0 Å². The Kier molecular flexibility index (Phi) is 4.25. The van der Waals surface area contributed by atoms with E-state index in [1.807, 2.05) is 4.72 Å². The fourth-order valence-corrected chi connectivity index (χ4v) is 1.32. The van der Waals surface area contributed by atoms with Gasteiger partial charge in [0.25, 0.3) is 0 Å². The van der Waals surface area contributed by atoms with Crippen molar-refractivity contribution in [1.29, 1.82) is 5.26 Å². The van der Waals surface area contributed by atoms with Crippen molar-refractivity contribution in [3.8, 4) is 6.07 Å². The first-order chi connectivity index (χ1) is 5.48. The third kappa shape index (κ3) is 5.64. The molecule has 0 fully saturated rings. The number of nitrogens with zero attached hydrogens (tertiary/aromatic N) is 1. The number of rotatable bonds is 5. The zero-order valence-corrected chi connectivity index (χ0v) is 6.97. The molecule has 0 atom stereocenters. The van der Waals surface area contributed by atoms with E-state index in [2.05, 4.69) is 0 Å². The number of carboxylic acids is 1. The highest BCUT2D eigenvalue weighted by atomic mass is 32.2. The highest BCUT2D eigenvalue weighted by molar-refractivity contribution is 7.90. The highest BCUT2D eigenvalue weighted by Gasteiger charge is 2.13. The third-order valence-electron chi connectivity index (χ3n) is 0.872. The Morgan fingerprint density at radius 2 is 2.17 bits per heavy atom. The molecule has 0 aromatic carbocycles. The van der Waals surface area contributed by atoms with Gasteiger partial charge in [0, 0.05) is 13.0 Å². The van der Waals surface area contributed by atoms with Gasteiger partial charge in [0.05, 0.1) is 6.07 Å². The van der Waals surface area contributed by atoms with Gasteiger partial charge in [-0.3, -0.25) is 4.79 Å². The minimum absolute atomic E-state index is 0.0266. The van der Waals surface area contributed by atoms with E-state index in [4.69, 9.17) is 10.4 Å². The van der Waals surface area contributed by atoms with Crippen LogP contribution in [-0.2, 0) is 14.8 Å². The van der Waals surface area contributed by atoms with E-state index in [1.54, 1.807) is 6.07 Å². The van der Waals surface area contributed by atoms with Crippen molar-refractivity contribution < 1.29 is 18.3 Å². The molecule has 0 aromatic rings. The van der Waals surface area contributed by atoms with Crippen molar-refractivity contribution in [2.24, 2.45) is 0 Å². The molecule has 7 heteroatoms. The summed E-state index contributed by atoms with van der Waals surface area (Å²) in [4.78, 5) is 9.96. The number of hydrogen-bond acceptors (Lipinski definition) is 4. The Bertz CT molecular complexity index is 289. The van der Waals surface area contributed by atoms with Crippen LogP contribution >= 0.6 is 0 Å². The Labute approximate surface area is 69.9 Å². The van der Waals surface area contributed by atoms with Crippen molar-refractivity contribution in [1.82, 2.24) is 4.72 Å². The lowest BCUT2D eigenvalue weighted by Gasteiger charge is -1.99. The summed E-state index contributed by atoms with van der Waals surface area (Å²) in [6.45, 7) is -0.0495. The van der Waals surface area contributed by atoms with Crippen LogP contribution in [0.3, 0.4) is 0 Å². The predicted octanol–water partition coefficient (Wildman–Crippen LogP) is -1.10. The lowest BCUT2D eigenvalue weighted by molar-refractivity contribution is -0.134. The van der Waals surface area contributed by atoms with Crippen LogP contribution in [0.4, 0.5) is 0 Å². The van der Waals surface area contributed by atoms with E-state index in [0.29, 0.717) is 0 Å². The van der Waals surface area contributed by atoms with Crippen LogP contribution in [0.5, 0.6) is 0 Å². The van der Waals surface area contributed by atoms with E-state index in [0.717, 1.165) is 0 Å². The summed E-state index contributed by atoms with van der Waals surface area (Å²) in [7, 11) is -3.75. The number of carbonyl (C=O) groups is 1. The molecule has 0 saturated carbocycles. The average molecular weight is 192 g/mol. The lowest BCUT2D eigenvalue weighted by Crippen LogP contribution is -2.30. The van der Waals surface area contributed by atoms with Crippen LogP contribution < -0.4 is 4.72 Å². The molecular weight excluding hydrogens is 184 g/mol. The Morgan fingerprint density at radius 1 is 1.58 bits per heavy atom. The van der Waals surface area contributed by atoms with Gasteiger partial charge in [-0.15, -0.1) is 0 Å². The fraction of sp³-hybridized carbons (Fsp3) is 0.600. The van der Waals surface area contributed by atoms with Gasteiger partial charge in [0.15, 0.2) is 5.75 Å². The number of nitriles is 1. The lowest BCUT2D eigenvalue weighted by atomic mass is 10.5. The monoisotopic (exact) mass is 192 g/mol. The molecule has 0 aliphatic carbocycles. The summed E-state index contributed by atoms with van der Waals surface area (Å²) in [6.07, 6.45) is 0.0266. The summed E-state index contributed by atoms with van der Waals surface area (Å²) in [5, 5.41) is 16.2. The zero-order valence-electron chi connectivity index (χ0n) is 6.15. The second-order valence-electron chi connectivity index (χ2n) is 1.96. The first kappa shape index (κ1) is 10.9. The third-order valence-corrected chi connectivity index (χ3v) is 2.14. The molecule has 2 N–H and O–H groups in total. The summed E-state index contributed by atoms with van der Waals surface area (Å²) in [5.74, 6) is -2.38. The smallest absolute Gasteiger partial charge is 0.320 e. The van der Waals surface area contributed by atoms with Crippen molar-refractivity contribution in [2.45, 2.75) is 6.42 Å². The maximum atomic E-state index is 10.7. The second-order valence-corrected chi connectivity index (χ2v) is 3.76. The van der Waals surface area contributed by atoms with E-state index < -0.39 is 21.7 Å². The van der Waals surface area contributed by atoms with Gasteiger partial charge in [-0.2, -0.15) is 5.26 Å². The molecule has 0 amide bonds. The van der Waals surface area contributed by atoms with Crippen LogP contribution in [0, 0.1) is 11.3 Å².